The first-order chi connectivity index (χ1) is 13.2. The summed E-state index contributed by atoms with van der Waals surface area (Å²) >= 11 is 1.73. The van der Waals surface area contributed by atoms with Crippen LogP contribution in [0.15, 0.2) is 23.3 Å². The van der Waals surface area contributed by atoms with Crippen molar-refractivity contribution in [2.45, 2.75) is 52.6 Å². The van der Waals surface area contributed by atoms with Crippen molar-refractivity contribution in [1.82, 2.24) is 20.6 Å². The number of rotatable bonds is 5. The van der Waals surface area contributed by atoms with E-state index in [0.29, 0.717) is 6.54 Å². The van der Waals surface area contributed by atoms with Crippen molar-refractivity contribution in [2.75, 3.05) is 25.0 Å². The van der Waals surface area contributed by atoms with Gasteiger partial charge in [0.15, 0.2) is 5.96 Å². The average Bonchev–Trinajstić information content (AvgIpc) is 2.87. The fourth-order valence-electron chi connectivity index (χ4n) is 3.32. The standard InChI is InChI=1S/C20H30N6S.HI/c1-15-18(27-16(2)25-15)14-24-20(21-3)23-13-17-8-9-19(22-12-17)26-10-6-4-5-7-11-26;/h8-9,12H,4-7,10-11,13-14H2,1-3H3,(H2,21,23,24);1H. The van der Waals surface area contributed by atoms with Crippen molar-refractivity contribution in [1.29, 1.82) is 0 Å². The molecule has 0 atom stereocenters. The van der Waals surface area contributed by atoms with E-state index in [2.05, 4.69) is 42.6 Å². The van der Waals surface area contributed by atoms with Gasteiger partial charge in [-0.25, -0.2) is 9.97 Å². The van der Waals surface area contributed by atoms with Crippen LogP contribution in [0.5, 0.6) is 0 Å². The lowest BCUT2D eigenvalue weighted by Gasteiger charge is -2.21. The molecule has 1 aliphatic heterocycles. The highest BCUT2D eigenvalue weighted by molar-refractivity contribution is 14.0. The van der Waals surface area contributed by atoms with Gasteiger partial charge < -0.3 is 15.5 Å². The second-order valence-corrected chi connectivity index (χ2v) is 8.23. The Kier molecular flexibility index (Phi) is 9.43. The summed E-state index contributed by atoms with van der Waals surface area (Å²) in [7, 11) is 1.79. The normalized spacial score (nSPS) is 15.0. The molecule has 1 fully saturated rings. The summed E-state index contributed by atoms with van der Waals surface area (Å²) in [5, 5.41) is 7.82. The average molecular weight is 514 g/mol. The second-order valence-electron chi connectivity index (χ2n) is 6.95. The van der Waals surface area contributed by atoms with E-state index in [1.54, 1.807) is 18.4 Å². The van der Waals surface area contributed by atoms with Gasteiger partial charge in [-0.15, -0.1) is 35.3 Å². The van der Waals surface area contributed by atoms with Crippen LogP contribution in [0.1, 0.15) is 46.8 Å². The summed E-state index contributed by atoms with van der Waals surface area (Å²) in [6.07, 6.45) is 7.19. The van der Waals surface area contributed by atoms with Crippen LogP contribution < -0.4 is 15.5 Å². The summed E-state index contributed by atoms with van der Waals surface area (Å²) in [5.74, 6) is 1.89. The van der Waals surface area contributed by atoms with Crippen LogP contribution in [0.4, 0.5) is 5.82 Å². The molecule has 0 radical (unpaired) electrons. The van der Waals surface area contributed by atoms with Gasteiger partial charge in [-0.1, -0.05) is 18.9 Å². The fourth-order valence-corrected chi connectivity index (χ4v) is 4.19. The maximum Gasteiger partial charge on any atom is 0.191 e. The Bertz CT molecular complexity index is 751. The molecular formula is C20H31IN6S. The predicted octanol–water partition coefficient (Wildman–Crippen LogP) is 4.02. The summed E-state index contributed by atoms with van der Waals surface area (Å²) in [4.78, 5) is 17.1. The number of nitrogens with one attached hydrogen (secondary N) is 2. The van der Waals surface area contributed by atoms with Crippen molar-refractivity contribution < 1.29 is 0 Å². The molecule has 2 aromatic rings. The number of aliphatic imine (C=N–C) groups is 1. The zero-order chi connectivity index (χ0) is 19.1. The topological polar surface area (TPSA) is 65.4 Å². The first kappa shape index (κ1) is 22.9. The number of guanidine groups is 1. The number of hydrogen-bond donors (Lipinski definition) is 2. The number of pyridine rings is 1. The molecule has 0 amide bonds. The molecule has 2 aromatic heterocycles. The molecule has 2 N–H and O–H groups in total. The number of anilines is 1. The fraction of sp³-hybridized carbons (Fsp3) is 0.550. The maximum atomic E-state index is 4.67. The minimum absolute atomic E-state index is 0. The van der Waals surface area contributed by atoms with Crippen LogP contribution in [-0.2, 0) is 13.1 Å². The monoisotopic (exact) mass is 514 g/mol. The third-order valence-corrected chi connectivity index (χ3v) is 5.91. The molecule has 0 saturated carbocycles. The third kappa shape index (κ3) is 6.58. The molecule has 28 heavy (non-hydrogen) atoms. The van der Waals surface area contributed by atoms with Gasteiger partial charge in [-0.05, 0) is 38.3 Å². The molecule has 8 heteroatoms. The van der Waals surface area contributed by atoms with Crippen LogP contribution in [0.3, 0.4) is 0 Å². The molecule has 0 aliphatic carbocycles. The summed E-state index contributed by atoms with van der Waals surface area (Å²) in [6.45, 7) is 7.77. The van der Waals surface area contributed by atoms with Gasteiger partial charge in [-0.3, -0.25) is 4.99 Å². The van der Waals surface area contributed by atoms with Crippen LogP contribution in [0.2, 0.25) is 0 Å². The zero-order valence-corrected chi connectivity index (χ0v) is 20.1. The maximum absolute atomic E-state index is 4.67. The van der Waals surface area contributed by atoms with Gasteiger partial charge in [0.05, 0.1) is 17.2 Å². The summed E-state index contributed by atoms with van der Waals surface area (Å²) in [6, 6.07) is 4.30. The Labute approximate surface area is 189 Å². The van der Waals surface area contributed by atoms with Crippen molar-refractivity contribution in [3.8, 4) is 0 Å². The lowest BCUT2D eigenvalue weighted by atomic mass is 10.2. The Hall–Kier alpha value is -1.42. The third-order valence-electron chi connectivity index (χ3n) is 4.84. The van der Waals surface area contributed by atoms with Gasteiger partial charge in [0.1, 0.15) is 5.82 Å². The molecule has 0 unspecified atom stereocenters. The first-order valence-electron chi connectivity index (χ1n) is 9.73. The van der Waals surface area contributed by atoms with E-state index < -0.39 is 0 Å². The van der Waals surface area contributed by atoms with E-state index in [1.807, 2.05) is 20.0 Å². The number of nitrogens with zero attached hydrogens (tertiary/aromatic N) is 4. The highest BCUT2D eigenvalue weighted by Gasteiger charge is 2.11. The molecule has 1 aliphatic rings. The molecule has 0 spiro atoms. The summed E-state index contributed by atoms with van der Waals surface area (Å²) < 4.78 is 0. The van der Waals surface area contributed by atoms with Crippen LogP contribution in [0, 0.1) is 13.8 Å². The molecule has 6 nitrogen and oxygen atoms in total. The molecular weight excluding hydrogens is 483 g/mol. The van der Waals surface area contributed by atoms with Crippen molar-refractivity contribution in [3.63, 3.8) is 0 Å². The quantitative estimate of drug-likeness (QED) is 0.359. The van der Waals surface area contributed by atoms with E-state index in [1.165, 1.54) is 30.6 Å². The van der Waals surface area contributed by atoms with Crippen LogP contribution in [-0.4, -0.2) is 36.1 Å². The van der Waals surface area contributed by atoms with E-state index in [-0.39, 0.29) is 24.0 Å². The van der Waals surface area contributed by atoms with Crippen LogP contribution >= 0.6 is 35.3 Å². The van der Waals surface area contributed by atoms with Crippen molar-refractivity contribution in [3.05, 3.63) is 39.5 Å². The summed E-state index contributed by atoms with van der Waals surface area (Å²) in [5.41, 5.74) is 2.25. The lowest BCUT2D eigenvalue weighted by Crippen LogP contribution is -2.36. The number of aromatic nitrogens is 2. The molecule has 1 saturated heterocycles. The zero-order valence-electron chi connectivity index (χ0n) is 17.0. The molecule has 154 valence electrons. The van der Waals surface area contributed by atoms with E-state index in [9.17, 15) is 0 Å². The largest absolute Gasteiger partial charge is 0.357 e. The Balaban J connectivity index is 0.00000280. The molecule has 0 aromatic carbocycles. The van der Waals surface area contributed by atoms with E-state index >= 15 is 0 Å². The van der Waals surface area contributed by atoms with Crippen molar-refractivity contribution in [2.24, 2.45) is 4.99 Å². The second kappa shape index (κ2) is 11.5. The van der Waals surface area contributed by atoms with Gasteiger partial charge in [0, 0.05) is 37.8 Å². The Morgan fingerprint density at radius 1 is 1.11 bits per heavy atom. The van der Waals surface area contributed by atoms with Crippen molar-refractivity contribution >= 4 is 47.1 Å². The van der Waals surface area contributed by atoms with Gasteiger partial charge in [0.2, 0.25) is 0 Å². The van der Waals surface area contributed by atoms with Gasteiger partial charge >= 0.3 is 0 Å². The number of hydrogen-bond acceptors (Lipinski definition) is 5. The van der Waals surface area contributed by atoms with Gasteiger partial charge in [-0.2, -0.15) is 0 Å². The first-order valence-corrected chi connectivity index (χ1v) is 10.5. The smallest absolute Gasteiger partial charge is 0.191 e. The highest BCUT2D eigenvalue weighted by atomic mass is 127. The molecule has 3 rings (SSSR count). The van der Waals surface area contributed by atoms with E-state index in [0.717, 1.165) is 47.7 Å². The highest BCUT2D eigenvalue weighted by Crippen LogP contribution is 2.18. The SMILES string of the molecule is CN=C(NCc1ccc(N2CCCCCC2)nc1)NCc1sc(C)nc1C.I. The van der Waals surface area contributed by atoms with E-state index in [4.69, 9.17) is 0 Å². The molecule has 0 bridgehead atoms. The predicted molar refractivity (Wildman–Crippen MR) is 129 cm³/mol. The minimum Gasteiger partial charge on any atom is -0.357 e. The Morgan fingerprint density at radius 2 is 1.82 bits per heavy atom. The number of thiazole rings is 1. The number of halogens is 1. The van der Waals surface area contributed by atoms with Gasteiger partial charge in [0.25, 0.3) is 0 Å². The molecule has 3 heterocycles. The minimum atomic E-state index is 0. The lowest BCUT2D eigenvalue weighted by molar-refractivity contribution is 0.726. The van der Waals surface area contributed by atoms with Crippen LogP contribution in [0.25, 0.3) is 0 Å². The Morgan fingerprint density at radius 3 is 2.39 bits per heavy atom. The number of aryl methyl sites for hydroxylation is 2.